The fourth-order valence-corrected chi connectivity index (χ4v) is 3.82. The maximum absolute atomic E-state index is 14.8. The van der Waals surface area contributed by atoms with Crippen molar-refractivity contribution in [3.8, 4) is 0 Å². The van der Waals surface area contributed by atoms with Crippen molar-refractivity contribution < 1.29 is 23.5 Å². The van der Waals surface area contributed by atoms with E-state index in [1.165, 1.54) is 11.0 Å². The first-order chi connectivity index (χ1) is 14.0. The Balaban J connectivity index is 1.36. The molecule has 0 aromatic heterocycles. The third-order valence-electron chi connectivity index (χ3n) is 5.62. The predicted octanol–water partition coefficient (Wildman–Crippen LogP) is -0.253. The van der Waals surface area contributed by atoms with E-state index < -0.39 is 12.2 Å². The number of hydrogen-bond donors (Lipinski definition) is 2. The lowest BCUT2D eigenvalue weighted by atomic mass is 10.1. The van der Waals surface area contributed by atoms with Gasteiger partial charge in [-0.25, -0.2) is 9.18 Å². The van der Waals surface area contributed by atoms with Gasteiger partial charge in [0.2, 0.25) is 5.91 Å². The average molecular weight is 407 g/mol. The van der Waals surface area contributed by atoms with Crippen LogP contribution in [0.5, 0.6) is 0 Å². The van der Waals surface area contributed by atoms with E-state index in [1.54, 1.807) is 12.1 Å². The van der Waals surface area contributed by atoms with E-state index in [2.05, 4.69) is 10.2 Å². The molecule has 0 spiro atoms. The number of ether oxygens (including phenoxy) is 2. The summed E-state index contributed by atoms with van der Waals surface area (Å²) in [7, 11) is 0. The molecule has 2 amide bonds. The molecule has 1 aromatic carbocycles. The van der Waals surface area contributed by atoms with Gasteiger partial charge in [0.25, 0.3) is 0 Å². The number of halogens is 1. The van der Waals surface area contributed by atoms with Crippen molar-refractivity contribution in [2.45, 2.75) is 12.1 Å². The standard InChI is InChI=1S/C19H26FN5O4/c20-16-7-13(25-10-15(29-19(25)27)9-22-18(26)8-21)1-2-17(16)24-5-3-23(4-6-24)14-11-28-12-14/h1-2,7,14-15H,3-6,8-12,21H2,(H,22,26)/t15-/m0/s1. The SMILES string of the molecule is NCC(=O)NC[C@H]1CN(c2ccc(N3CCN(C4COC4)CC3)c(F)c2)C(=O)O1. The molecule has 3 heterocycles. The smallest absolute Gasteiger partial charge is 0.414 e. The van der Waals surface area contributed by atoms with E-state index in [1.807, 2.05) is 4.90 Å². The third-order valence-corrected chi connectivity index (χ3v) is 5.62. The van der Waals surface area contributed by atoms with Crippen LogP contribution >= 0.6 is 0 Å². The Morgan fingerprint density at radius 2 is 2.00 bits per heavy atom. The molecule has 0 saturated carbocycles. The van der Waals surface area contributed by atoms with Crippen LogP contribution in [-0.4, -0.2) is 88.1 Å². The van der Waals surface area contributed by atoms with E-state index >= 15 is 0 Å². The average Bonchev–Trinajstić information content (AvgIpc) is 3.06. The number of anilines is 2. The minimum absolute atomic E-state index is 0.125. The van der Waals surface area contributed by atoms with Crippen molar-refractivity contribution in [2.24, 2.45) is 5.73 Å². The van der Waals surface area contributed by atoms with Crippen molar-refractivity contribution in [3.05, 3.63) is 24.0 Å². The molecular weight excluding hydrogens is 381 g/mol. The van der Waals surface area contributed by atoms with Gasteiger partial charge in [0, 0.05) is 26.2 Å². The normalized spacial score (nSPS) is 23.1. The summed E-state index contributed by atoms with van der Waals surface area (Å²) in [4.78, 5) is 29.2. The van der Waals surface area contributed by atoms with Crippen LogP contribution in [0.3, 0.4) is 0 Å². The lowest BCUT2D eigenvalue weighted by Gasteiger charge is -2.43. The second-order valence-electron chi connectivity index (χ2n) is 7.47. The van der Waals surface area contributed by atoms with Crippen LogP contribution in [0.15, 0.2) is 18.2 Å². The van der Waals surface area contributed by atoms with E-state index in [4.69, 9.17) is 15.2 Å². The lowest BCUT2D eigenvalue weighted by molar-refractivity contribution is -0.120. The number of piperazine rings is 1. The summed E-state index contributed by atoms with van der Waals surface area (Å²) in [6.07, 6.45) is -1.05. The Labute approximate surface area is 168 Å². The maximum atomic E-state index is 14.8. The Morgan fingerprint density at radius 1 is 1.24 bits per heavy atom. The summed E-state index contributed by atoms with van der Waals surface area (Å²) in [5.74, 6) is -0.685. The molecule has 3 aliphatic heterocycles. The summed E-state index contributed by atoms with van der Waals surface area (Å²) >= 11 is 0. The lowest BCUT2D eigenvalue weighted by Crippen LogP contribution is -2.56. The van der Waals surface area contributed by atoms with Crippen LogP contribution in [0.2, 0.25) is 0 Å². The van der Waals surface area contributed by atoms with Gasteiger partial charge in [0.05, 0.1) is 50.3 Å². The summed E-state index contributed by atoms with van der Waals surface area (Å²) in [5.41, 5.74) is 6.22. The fraction of sp³-hybridized carbons (Fsp3) is 0.579. The van der Waals surface area contributed by atoms with E-state index in [0.717, 1.165) is 39.4 Å². The molecule has 3 aliphatic rings. The molecule has 3 N–H and O–H groups in total. The number of nitrogens with one attached hydrogen (secondary N) is 1. The van der Waals surface area contributed by atoms with Crippen molar-refractivity contribution in [1.29, 1.82) is 0 Å². The zero-order valence-corrected chi connectivity index (χ0v) is 16.2. The molecule has 10 heteroatoms. The van der Waals surface area contributed by atoms with Gasteiger partial charge in [-0.05, 0) is 18.2 Å². The summed E-state index contributed by atoms with van der Waals surface area (Å²) in [6, 6.07) is 5.30. The van der Waals surface area contributed by atoms with Gasteiger partial charge in [0.15, 0.2) is 0 Å². The van der Waals surface area contributed by atoms with Crippen molar-refractivity contribution in [2.75, 3.05) is 68.8 Å². The molecule has 0 aliphatic carbocycles. The molecule has 3 saturated heterocycles. The number of nitrogens with two attached hydrogens (primary N) is 1. The van der Waals surface area contributed by atoms with Gasteiger partial charge < -0.3 is 25.4 Å². The molecular formula is C19H26FN5O4. The Kier molecular flexibility index (Phi) is 5.84. The van der Waals surface area contributed by atoms with Crippen LogP contribution in [0.25, 0.3) is 0 Å². The molecule has 0 bridgehead atoms. The Hall–Kier alpha value is -2.43. The zero-order valence-electron chi connectivity index (χ0n) is 16.2. The minimum Gasteiger partial charge on any atom is -0.442 e. The molecule has 4 rings (SSSR count). The van der Waals surface area contributed by atoms with Gasteiger partial charge in [-0.15, -0.1) is 0 Å². The number of amides is 2. The second-order valence-corrected chi connectivity index (χ2v) is 7.47. The van der Waals surface area contributed by atoms with E-state index in [0.29, 0.717) is 17.4 Å². The number of cyclic esters (lactones) is 1. The minimum atomic E-state index is -0.555. The van der Waals surface area contributed by atoms with Gasteiger partial charge >= 0.3 is 6.09 Å². The van der Waals surface area contributed by atoms with E-state index in [9.17, 15) is 14.0 Å². The van der Waals surface area contributed by atoms with Gasteiger partial charge in [0.1, 0.15) is 11.9 Å². The van der Waals surface area contributed by atoms with Gasteiger partial charge in [-0.1, -0.05) is 0 Å². The number of carbonyl (C=O) groups excluding carboxylic acids is 2. The highest BCUT2D eigenvalue weighted by atomic mass is 19.1. The number of hydrogen-bond acceptors (Lipinski definition) is 7. The van der Waals surface area contributed by atoms with Gasteiger partial charge in [-0.3, -0.25) is 14.6 Å². The first-order valence-electron chi connectivity index (χ1n) is 9.86. The first kappa shape index (κ1) is 19.9. The first-order valence-corrected chi connectivity index (χ1v) is 9.86. The maximum Gasteiger partial charge on any atom is 0.414 e. The monoisotopic (exact) mass is 407 g/mol. The highest BCUT2D eigenvalue weighted by Gasteiger charge is 2.33. The predicted molar refractivity (Wildman–Crippen MR) is 104 cm³/mol. The number of carbonyl (C=O) groups is 2. The Morgan fingerprint density at radius 3 is 2.62 bits per heavy atom. The molecule has 158 valence electrons. The highest BCUT2D eigenvalue weighted by Crippen LogP contribution is 2.29. The highest BCUT2D eigenvalue weighted by molar-refractivity contribution is 5.90. The zero-order chi connectivity index (χ0) is 20.4. The molecule has 1 atom stereocenters. The summed E-state index contributed by atoms with van der Waals surface area (Å²) < 4.78 is 25.3. The van der Waals surface area contributed by atoms with Crippen LogP contribution < -0.4 is 20.9 Å². The topological polar surface area (TPSA) is 100 Å². The van der Waals surface area contributed by atoms with Crippen LogP contribution in [0.1, 0.15) is 0 Å². The van der Waals surface area contributed by atoms with Crippen LogP contribution in [-0.2, 0) is 14.3 Å². The number of rotatable bonds is 6. The van der Waals surface area contributed by atoms with Crippen LogP contribution in [0.4, 0.5) is 20.6 Å². The second kappa shape index (κ2) is 8.52. The molecule has 0 radical (unpaired) electrons. The molecule has 29 heavy (non-hydrogen) atoms. The van der Waals surface area contributed by atoms with Crippen molar-refractivity contribution in [3.63, 3.8) is 0 Å². The van der Waals surface area contributed by atoms with Gasteiger partial charge in [-0.2, -0.15) is 0 Å². The molecule has 1 aromatic rings. The molecule has 9 nitrogen and oxygen atoms in total. The largest absolute Gasteiger partial charge is 0.442 e. The quantitative estimate of drug-likeness (QED) is 0.671. The summed E-state index contributed by atoms with van der Waals surface area (Å²) in [6.45, 7) is 5.12. The summed E-state index contributed by atoms with van der Waals surface area (Å²) in [5, 5.41) is 2.59. The molecule has 3 fully saturated rings. The number of nitrogens with zero attached hydrogens (tertiary/aromatic N) is 3. The van der Waals surface area contributed by atoms with Crippen LogP contribution in [0, 0.1) is 5.82 Å². The third kappa shape index (κ3) is 4.29. The van der Waals surface area contributed by atoms with Crippen molar-refractivity contribution in [1.82, 2.24) is 10.2 Å². The number of benzene rings is 1. The Bertz CT molecular complexity index is 767. The molecule has 0 unspecified atom stereocenters. The van der Waals surface area contributed by atoms with E-state index in [-0.39, 0.29) is 31.4 Å². The van der Waals surface area contributed by atoms with Crippen molar-refractivity contribution >= 4 is 23.4 Å². The fourth-order valence-electron chi connectivity index (χ4n) is 3.82.